The molecule has 1 amide bonds. The molecular weight excluding hydrogens is 472 g/mol. The maximum absolute atomic E-state index is 13.1. The number of hydrogen-bond donors (Lipinski definition) is 2. The van der Waals surface area contributed by atoms with E-state index in [1.54, 1.807) is 6.20 Å². The summed E-state index contributed by atoms with van der Waals surface area (Å²) >= 11 is 6.59. The number of H-pyrrole nitrogens is 1. The molecule has 5 rings (SSSR count). The molecule has 36 heavy (non-hydrogen) atoms. The zero-order valence-corrected chi connectivity index (χ0v) is 21.8. The first-order valence-corrected chi connectivity index (χ1v) is 13.3. The van der Waals surface area contributed by atoms with E-state index in [0.717, 1.165) is 53.4 Å². The molecule has 188 valence electrons. The molecular formula is C28H33ClN6O. The van der Waals surface area contributed by atoms with Gasteiger partial charge in [0, 0.05) is 36.6 Å². The number of hydrogen-bond acceptors (Lipinski definition) is 5. The topological polar surface area (TPSA) is 86.3 Å². The van der Waals surface area contributed by atoms with Gasteiger partial charge in [-0.1, -0.05) is 51.3 Å². The molecule has 1 atom stereocenters. The Kier molecular flexibility index (Phi) is 7.10. The number of carbonyl (C=O) groups is 1. The van der Waals surface area contributed by atoms with Crippen LogP contribution in [0.4, 0.5) is 11.6 Å². The van der Waals surface area contributed by atoms with Crippen LogP contribution in [0.25, 0.3) is 16.6 Å². The Hall–Kier alpha value is -3.19. The Morgan fingerprint density at radius 2 is 2.06 bits per heavy atom. The average molecular weight is 505 g/mol. The summed E-state index contributed by atoms with van der Waals surface area (Å²) < 4.78 is 0. The van der Waals surface area contributed by atoms with Gasteiger partial charge in [-0.2, -0.15) is 0 Å². The van der Waals surface area contributed by atoms with Crippen LogP contribution in [0.1, 0.15) is 62.6 Å². The van der Waals surface area contributed by atoms with Gasteiger partial charge in [-0.05, 0) is 54.9 Å². The molecule has 3 aromatic rings. The number of rotatable bonds is 8. The van der Waals surface area contributed by atoms with Crippen molar-refractivity contribution in [2.24, 2.45) is 22.7 Å². The van der Waals surface area contributed by atoms with Gasteiger partial charge in [0.1, 0.15) is 5.69 Å². The highest BCUT2D eigenvalue weighted by Gasteiger charge is 2.33. The van der Waals surface area contributed by atoms with Crippen LogP contribution >= 0.6 is 11.6 Å². The van der Waals surface area contributed by atoms with Gasteiger partial charge in [-0.15, -0.1) is 0 Å². The zero-order valence-electron chi connectivity index (χ0n) is 21.1. The lowest BCUT2D eigenvalue weighted by Gasteiger charge is -2.40. The first-order chi connectivity index (χ1) is 17.4. The predicted molar refractivity (Wildman–Crippen MR) is 147 cm³/mol. The third kappa shape index (κ3) is 5.16. The molecule has 2 N–H and O–H groups in total. The van der Waals surface area contributed by atoms with Gasteiger partial charge < -0.3 is 15.2 Å². The molecule has 1 unspecified atom stereocenters. The smallest absolute Gasteiger partial charge is 0.270 e. The third-order valence-corrected chi connectivity index (χ3v) is 7.60. The molecule has 2 aliphatic heterocycles. The number of nitrogens with one attached hydrogen (secondary N) is 2. The molecule has 0 bridgehead atoms. The van der Waals surface area contributed by atoms with Crippen molar-refractivity contribution >= 4 is 52.0 Å². The number of nitrogens with zero attached hydrogens (tertiary/aromatic N) is 4. The summed E-state index contributed by atoms with van der Waals surface area (Å²) in [7, 11) is 0. The van der Waals surface area contributed by atoms with Crippen molar-refractivity contribution in [2.45, 2.75) is 46.5 Å². The second-order valence-electron chi connectivity index (χ2n) is 10.1. The highest BCUT2D eigenvalue weighted by Crippen LogP contribution is 2.32. The molecule has 0 radical (unpaired) electrons. The molecule has 8 heteroatoms. The van der Waals surface area contributed by atoms with Gasteiger partial charge >= 0.3 is 0 Å². The number of amides is 1. The number of anilines is 2. The Morgan fingerprint density at radius 1 is 1.25 bits per heavy atom. The molecule has 7 nitrogen and oxygen atoms in total. The zero-order chi connectivity index (χ0) is 25.2. The summed E-state index contributed by atoms with van der Waals surface area (Å²) in [5, 5.41) is 4.65. The number of fused-ring (bicyclic) bond motifs is 1. The number of carbonyl (C=O) groups excluding carboxylic acids is 1. The minimum Gasteiger partial charge on any atom is -0.349 e. The van der Waals surface area contributed by atoms with Crippen LogP contribution in [0.2, 0.25) is 5.02 Å². The molecule has 1 saturated heterocycles. The molecule has 1 aromatic carbocycles. The molecule has 0 spiro atoms. The molecule has 1 fully saturated rings. The van der Waals surface area contributed by atoms with Crippen molar-refractivity contribution in [1.29, 1.82) is 0 Å². The second kappa shape index (κ2) is 10.4. The van der Waals surface area contributed by atoms with Gasteiger partial charge in [0.05, 0.1) is 21.9 Å². The predicted octanol–water partition coefficient (Wildman–Crippen LogP) is 6.70. The van der Waals surface area contributed by atoms with Crippen LogP contribution in [-0.2, 0) is 0 Å². The quantitative estimate of drug-likeness (QED) is 0.357. The van der Waals surface area contributed by atoms with Gasteiger partial charge in [0.2, 0.25) is 5.95 Å². The highest BCUT2D eigenvalue weighted by atomic mass is 35.5. The van der Waals surface area contributed by atoms with Crippen LogP contribution in [0, 0.1) is 17.8 Å². The SMILES string of the molecule is CCC(CC)CC1CN(C(=O)c2cc3cc(Nc4nccc(C5=CCC(C)C=N5)n4)cc(Cl)c3[nH]2)C1. The maximum atomic E-state index is 13.1. The Morgan fingerprint density at radius 3 is 2.78 bits per heavy atom. The standard InChI is InChI=1S/C28H33ClN6O/c1-4-18(5-2)10-19-15-35(16-19)27(36)25-12-20-11-21(13-22(29)26(20)33-25)32-28-30-9-8-24(34-28)23-7-6-17(3)14-31-23/h7-9,11-14,17-19,33H,4-6,10,15-16H2,1-3H3,(H,30,32,34). The fourth-order valence-electron chi connectivity index (χ4n) is 5.02. The largest absolute Gasteiger partial charge is 0.349 e. The maximum Gasteiger partial charge on any atom is 0.270 e. The van der Waals surface area contributed by atoms with E-state index in [9.17, 15) is 4.79 Å². The van der Waals surface area contributed by atoms with E-state index in [4.69, 9.17) is 11.6 Å². The summed E-state index contributed by atoms with van der Waals surface area (Å²) in [6.45, 7) is 8.30. The van der Waals surface area contributed by atoms with E-state index < -0.39 is 0 Å². The second-order valence-corrected chi connectivity index (χ2v) is 10.5. The summed E-state index contributed by atoms with van der Waals surface area (Å²) in [6.07, 6.45) is 10.3. The van der Waals surface area contributed by atoms with Gasteiger partial charge in [0.15, 0.2) is 0 Å². The van der Waals surface area contributed by atoms with E-state index in [0.29, 0.717) is 28.5 Å². The van der Waals surface area contributed by atoms with Crippen molar-refractivity contribution in [1.82, 2.24) is 19.9 Å². The number of likely N-dealkylation sites (tertiary alicyclic amines) is 1. The van der Waals surface area contributed by atoms with E-state index in [2.05, 4.69) is 52.1 Å². The van der Waals surface area contributed by atoms with Gasteiger partial charge in [0.25, 0.3) is 5.91 Å². The lowest BCUT2D eigenvalue weighted by Crippen LogP contribution is -2.50. The van der Waals surface area contributed by atoms with Crippen LogP contribution in [0.3, 0.4) is 0 Å². The minimum atomic E-state index is 0.0317. The van der Waals surface area contributed by atoms with E-state index in [-0.39, 0.29) is 5.91 Å². The Bertz CT molecular complexity index is 1320. The summed E-state index contributed by atoms with van der Waals surface area (Å²) in [5.41, 5.74) is 3.71. The van der Waals surface area contributed by atoms with Crippen molar-refractivity contribution in [3.8, 4) is 0 Å². The van der Waals surface area contributed by atoms with Gasteiger partial charge in [-0.25, -0.2) is 9.97 Å². The first-order valence-electron chi connectivity index (χ1n) is 12.9. The van der Waals surface area contributed by atoms with Crippen LogP contribution in [0.15, 0.2) is 41.5 Å². The van der Waals surface area contributed by atoms with Crippen molar-refractivity contribution in [3.05, 3.63) is 52.9 Å². The van der Waals surface area contributed by atoms with E-state index >= 15 is 0 Å². The number of aromatic nitrogens is 3. The Labute approximate surface area is 217 Å². The van der Waals surface area contributed by atoms with Crippen molar-refractivity contribution < 1.29 is 4.79 Å². The number of benzene rings is 1. The normalized spacial score (nSPS) is 18.0. The monoisotopic (exact) mass is 504 g/mol. The number of halogens is 1. The van der Waals surface area contributed by atoms with Gasteiger partial charge in [-0.3, -0.25) is 9.79 Å². The lowest BCUT2D eigenvalue weighted by molar-refractivity contribution is 0.0443. The lowest BCUT2D eigenvalue weighted by atomic mass is 9.86. The molecule has 4 heterocycles. The van der Waals surface area contributed by atoms with Crippen LogP contribution < -0.4 is 5.32 Å². The minimum absolute atomic E-state index is 0.0317. The molecule has 0 aliphatic carbocycles. The third-order valence-electron chi connectivity index (χ3n) is 7.30. The van der Waals surface area contributed by atoms with Crippen LogP contribution in [-0.4, -0.2) is 45.1 Å². The first kappa shape index (κ1) is 24.5. The Balaban J connectivity index is 1.29. The van der Waals surface area contributed by atoms with E-state index in [1.165, 1.54) is 19.3 Å². The van der Waals surface area contributed by atoms with Crippen LogP contribution in [0.5, 0.6) is 0 Å². The summed E-state index contributed by atoms with van der Waals surface area (Å²) in [6, 6.07) is 7.51. The number of allylic oxidation sites excluding steroid dienone is 1. The fourth-order valence-corrected chi connectivity index (χ4v) is 5.29. The summed E-state index contributed by atoms with van der Waals surface area (Å²) in [4.78, 5) is 31.7. The number of aliphatic imine (C=N–C) groups is 1. The average Bonchev–Trinajstić information content (AvgIpc) is 3.29. The molecule has 2 aromatic heterocycles. The fraction of sp³-hybridized carbons (Fsp3) is 0.429. The van der Waals surface area contributed by atoms with E-state index in [1.807, 2.05) is 35.4 Å². The van der Waals surface area contributed by atoms with Crippen molar-refractivity contribution in [3.63, 3.8) is 0 Å². The molecule has 2 aliphatic rings. The number of aromatic amines is 1. The summed E-state index contributed by atoms with van der Waals surface area (Å²) in [5.74, 6) is 2.30. The highest BCUT2D eigenvalue weighted by molar-refractivity contribution is 6.35. The van der Waals surface area contributed by atoms with Crippen molar-refractivity contribution in [2.75, 3.05) is 18.4 Å². The molecule has 0 saturated carbocycles.